The fourth-order valence-electron chi connectivity index (χ4n) is 7.61. The standard InChI is InChI=1S/C44H90O3/c1-5-9-11-13-15-17-19-21-23-25-27-29-35-41(43(45)33-7-3)37-31-39-47-40-32-38-42(44(46)34-8-4)36-30-28-26-24-22-20-18-16-14-12-10-6-2/h41-46H,5-40H2,1-4H3. The van der Waals surface area contributed by atoms with Crippen LogP contribution in [0.4, 0.5) is 0 Å². The maximum atomic E-state index is 10.8. The van der Waals surface area contributed by atoms with Gasteiger partial charge in [0.25, 0.3) is 0 Å². The van der Waals surface area contributed by atoms with Gasteiger partial charge in [-0.15, -0.1) is 0 Å². The molecule has 3 nitrogen and oxygen atoms in total. The molecule has 0 aliphatic rings. The minimum absolute atomic E-state index is 0.145. The smallest absolute Gasteiger partial charge is 0.0568 e. The molecule has 0 saturated carbocycles. The number of rotatable bonds is 40. The fraction of sp³-hybridized carbons (Fsp3) is 1.00. The van der Waals surface area contributed by atoms with Crippen molar-refractivity contribution in [3.8, 4) is 0 Å². The molecule has 0 spiro atoms. The van der Waals surface area contributed by atoms with Crippen LogP contribution in [0, 0.1) is 11.8 Å². The average Bonchev–Trinajstić information content (AvgIpc) is 3.07. The summed E-state index contributed by atoms with van der Waals surface area (Å²) in [6.45, 7) is 10.6. The average molecular weight is 667 g/mol. The first-order valence-electron chi connectivity index (χ1n) is 22.0. The van der Waals surface area contributed by atoms with Crippen LogP contribution in [0.15, 0.2) is 0 Å². The third-order valence-electron chi connectivity index (χ3n) is 10.8. The van der Waals surface area contributed by atoms with Crippen LogP contribution in [0.25, 0.3) is 0 Å². The zero-order valence-electron chi connectivity index (χ0n) is 33.1. The van der Waals surface area contributed by atoms with E-state index >= 15 is 0 Å². The molecule has 3 heteroatoms. The van der Waals surface area contributed by atoms with Crippen LogP contribution in [-0.2, 0) is 4.74 Å². The van der Waals surface area contributed by atoms with Crippen LogP contribution < -0.4 is 0 Å². The van der Waals surface area contributed by atoms with Crippen molar-refractivity contribution in [2.75, 3.05) is 13.2 Å². The maximum absolute atomic E-state index is 10.8. The van der Waals surface area contributed by atoms with Crippen LogP contribution in [-0.4, -0.2) is 35.6 Å². The monoisotopic (exact) mass is 667 g/mol. The van der Waals surface area contributed by atoms with Crippen molar-refractivity contribution in [1.29, 1.82) is 0 Å². The fourth-order valence-corrected chi connectivity index (χ4v) is 7.61. The van der Waals surface area contributed by atoms with Gasteiger partial charge >= 0.3 is 0 Å². The molecule has 0 aromatic heterocycles. The van der Waals surface area contributed by atoms with Gasteiger partial charge in [0, 0.05) is 13.2 Å². The van der Waals surface area contributed by atoms with E-state index in [0.717, 1.165) is 64.6 Å². The summed E-state index contributed by atoms with van der Waals surface area (Å²) >= 11 is 0. The van der Waals surface area contributed by atoms with E-state index in [1.54, 1.807) is 0 Å². The zero-order chi connectivity index (χ0) is 34.5. The number of aliphatic hydroxyl groups is 2. The largest absolute Gasteiger partial charge is 0.393 e. The highest BCUT2D eigenvalue weighted by molar-refractivity contribution is 4.71. The van der Waals surface area contributed by atoms with E-state index in [-0.39, 0.29) is 12.2 Å². The van der Waals surface area contributed by atoms with Crippen LogP contribution in [0.1, 0.15) is 246 Å². The number of hydrogen-bond acceptors (Lipinski definition) is 3. The summed E-state index contributed by atoms with van der Waals surface area (Å²) < 4.78 is 6.08. The minimum atomic E-state index is -0.145. The first kappa shape index (κ1) is 46.9. The number of hydrogen-bond donors (Lipinski definition) is 2. The van der Waals surface area contributed by atoms with Gasteiger partial charge in [-0.05, 0) is 63.2 Å². The Morgan fingerprint density at radius 3 is 0.830 bits per heavy atom. The molecule has 0 fully saturated rings. The molecular weight excluding hydrogens is 576 g/mol. The van der Waals surface area contributed by atoms with E-state index in [0.29, 0.717) is 11.8 Å². The molecule has 0 saturated heterocycles. The van der Waals surface area contributed by atoms with Gasteiger partial charge in [0.1, 0.15) is 0 Å². The highest BCUT2D eigenvalue weighted by Crippen LogP contribution is 2.25. The first-order valence-corrected chi connectivity index (χ1v) is 22.0. The molecular formula is C44H90O3. The Labute approximate surface area is 297 Å². The Morgan fingerprint density at radius 2 is 0.553 bits per heavy atom. The molecule has 0 bridgehead atoms. The van der Waals surface area contributed by atoms with Crippen molar-refractivity contribution in [2.24, 2.45) is 11.8 Å². The third kappa shape index (κ3) is 32.8. The van der Waals surface area contributed by atoms with Crippen molar-refractivity contribution >= 4 is 0 Å². The molecule has 0 aromatic rings. The molecule has 2 N–H and O–H groups in total. The Hall–Kier alpha value is -0.120. The van der Waals surface area contributed by atoms with Gasteiger partial charge in [-0.2, -0.15) is 0 Å². The van der Waals surface area contributed by atoms with E-state index in [1.807, 2.05) is 0 Å². The van der Waals surface area contributed by atoms with Gasteiger partial charge in [-0.25, -0.2) is 0 Å². The van der Waals surface area contributed by atoms with E-state index in [2.05, 4.69) is 27.7 Å². The van der Waals surface area contributed by atoms with Crippen molar-refractivity contribution in [1.82, 2.24) is 0 Å². The first-order chi connectivity index (χ1) is 23.1. The quantitative estimate of drug-likeness (QED) is 0.0640. The Bertz CT molecular complexity index is 518. The Morgan fingerprint density at radius 1 is 0.298 bits per heavy atom. The Balaban J connectivity index is 4.02. The van der Waals surface area contributed by atoms with Crippen LogP contribution in [0.5, 0.6) is 0 Å². The highest BCUT2D eigenvalue weighted by Gasteiger charge is 2.19. The molecule has 0 aliphatic carbocycles. The van der Waals surface area contributed by atoms with Gasteiger partial charge in [0.05, 0.1) is 12.2 Å². The molecule has 0 radical (unpaired) electrons. The second-order valence-electron chi connectivity index (χ2n) is 15.5. The predicted octanol–water partition coefficient (Wildman–Crippen LogP) is 14.3. The van der Waals surface area contributed by atoms with Gasteiger partial charge in [-0.1, -0.05) is 195 Å². The summed E-state index contributed by atoms with van der Waals surface area (Å²) in [5.74, 6) is 0.872. The predicted molar refractivity (Wildman–Crippen MR) is 209 cm³/mol. The van der Waals surface area contributed by atoms with E-state index in [4.69, 9.17) is 4.74 Å². The van der Waals surface area contributed by atoms with Crippen molar-refractivity contribution in [3.63, 3.8) is 0 Å². The highest BCUT2D eigenvalue weighted by atomic mass is 16.5. The van der Waals surface area contributed by atoms with E-state index < -0.39 is 0 Å². The summed E-state index contributed by atoms with van der Waals surface area (Å²) in [4.78, 5) is 0. The molecule has 0 aromatic carbocycles. The SMILES string of the molecule is CCCCCCCCCCCCCCC(CCCOCCCC(CCCCCCCCCCCCCC)C(O)CCC)C(O)CCC. The lowest BCUT2D eigenvalue weighted by Gasteiger charge is -2.23. The zero-order valence-corrected chi connectivity index (χ0v) is 33.1. The minimum Gasteiger partial charge on any atom is -0.393 e. The number of ether oxygens (including phenoxy) is 1. The molecule has 0 rings (SSSR count). The molecule has 4 unspecified atom stereocenters. The lowest BCUT2D eigenvalue weighted by atomic mass is 9.88. The summed E-state index contributed by atoms with van der Waals surface area (Å²) in [7, 11) is 0. The van der Waals surface area contributed by atoms with E-state index in [1.165, 1.54) is 167 Å². The topological polar surface area (TPSA) is 49.7 Å². The second kappa shape index (κ2) is 38.7. The normalized spacial score (nSPS) is 14.4. The van der Waals surface area contributed by atoms with Crippen LogP contribution >= 0.6 is 0 Å². The van der Waals surface area contributed by atoms with Crippen LogP contribution in [0.3, 0.4) is 0 Å². The van der Waals surface area contributed by atoms with Crippen LogP contribution in [0.2, 0.25) is 0 Å². The van der Waals surface area contributed by atoms with E-state index in [9.17, 15) is 10.2 Å². The lowest BCUT2D eigenvalue weighted by molar-refractivity contribution is 0.0638. The van der Waals surface area contributed by atoms with Gasteiger partial charge in [0.15, 0.2) is 0 Å². The van der Waals surface area contributed by atoms with Gasteiger partial charge < -0.3 is 14.9 Å². The summed E-state index contributed by atoms with van der Waals surface area (Å²) in [6, 6.07) is 0. The summed E-state index contributed by atoms with van der Waals surface area (Å²) in [6.07, 6.45) is 43.7. The molecule has 47 heavy (non-hydrogen) atoms. The summed E-state index contributed by atoms with van der Waals surface area (Å²) in [5.41, 5.74) is 0. The number of unbranched alkanes of at least 4 members (excludes halogenated alkanes) is 22. The molecule has 0 aliphatic heterocycles. The molecule has 0 heterocycles. The van der Waals surface area contributed by atoms with Crippen molar-refractivity contribution in [2.45, 2.75) is 258 Å². The lowest BCUT2D eigenvalue weighted by Crippen LogP contribution is -2.21. The molecule has 0 amide bonds. The van der Waals surface area contributed by atoms with Crippen molar-refractivity contribution < 1.29 is 14.9 Å². The third-order valence-corrected chi connectivity index (χ3v) is 10.8. The van der Waals surface area contributed by atoms with Gasteiger partial charge in [0.2, 0.25) is 0 Å². The molecule has 284 valence electrons. The van der Waals surface area contributed by atoms with Gasteiger partial charge in [-0.3, -0.25) is 0 Å². The molecule has 4 atom stereocenters. The second-order valence-corrected chi connectivity index (χ2v) is 15.5. The van der Waals surface area contributed by atoms with Crippen molar-refractivity contribution in [3.05, 3.63) is 0 Å². The summed E-state index contributed by atoms with van der Waals surface area (Å²) in [5, 5.41) is 21.6. The maximum Gasteiger partial charge on any atom is 0.0568 e. The number of aliphatic hydroxyl groups excluding tert-OH is 2. The Kier molecular flexibility index (Phi) is 38.6.